The molecule has 0 aromatic heterocycles. The van der Waals surface area contributed by atoms with Gasteiger partial charge in [0.05, 0.1) is 0 Å². The molecule has 0 bridgehead atoms. The molecule has 0 atom stereocenters. The Morgan fingerprint density at radius 3 is 1.82 bits per heavy atom. The van der Waals surface area contributed by atoms with Crippen LogP contribution in [0.4, 0.5) is 39.5 Å². The van der Waals surface area contributed by atoms with Crippen LogP contribution < -0.4 is 9.47 Å². The zero-order valence-electron chi connectivity index (χ0n) is 27.4. The van der Waals surface area contributed by atoms with Crippen molar-refractivity contribution in [2.24, 2.45) is 5.92 Å². The molecule has 1 fully saturated rings. The Balaban J connectivity index is 1.24. The van der Waals surface area contributed by atoms with Crippen molar-refractivity contribution in [1.29, 1.82) is 0 Å². The molecule has 0 saturated heterocycles. The fourth-order valence-corrected chi connectivity index (χ4v) is 6.66. The summed E-state index contributed by atoms with van der Waals surface area (Å²) in [6, 6.07) is 14.0. The van der Waals surface area contributed by atoms with Crippen LogP contribution in [0.3, 0.4) is 0 Å². The predicted molar refractivity (Wildman–Crippen MR) is 173 cm³/mol. The number of hydrogen-bond acceptors (Lipinski definition) is 2. The van der Waals surface area contributed by atoms with E-state index in [1.165, 1.54) is 69.1 Å². The third-order valence-electron chi connectivity index (χ3n) is 9.27. The van der Waals surface area contributed by atoms with Crippen LogP contribution in [-0.4, -0.2) is 6.36 Å². The van der Waals surface area contributed by atoms with E-state index < -0.39 is 52.8 Å². The van der Waals surface area contributed by atoms with Gasteiger partial charge in [-0.05, 0) is 90.1 Å². The molecule has 0 aliphatic heterocycles. The van der Waals surface area contributed by atoms with Crippen molar-refractivity contribution in [3.05, 3.63) is 107 Å². The van der Waals surface area contributed by atoms with E-state index in [-0.39, 0.29) is 17.2 Å². The Labute approximate surface area is 285 Å². The van der Waals surface area contributed by atoms with E-state index >= 15 is 4.39 Å². The molecular formula is C39H37F9O2. The maximum atomic E-state index is 15.3. The van der Waals surface area contributed by atoms with Gasteiger partial charge < -0.3 is 9.47 Å². The minimum atomic E-state index is -5.25. The molecule has 0 spiro atoms. The lowest BCUT2D eigenvalue weighted by Crippen LogP contribution is -2.25. The molecule has 268 valence electrons. The summed E-state index contributed by atoms with van der Waals surface area (Å²) in [6.07, 6.45) is 2.51. The second-order valence-electron chi connectivity index (χ2n) is 12.8. The molecule has 11 heteroatoms. The average Bonchev–Trinajstić information content (AvgIpc) is 3.05. The Kier molecular flexibility index (Phi) is 11.7. The molecule has 0 N–H and O–H groups in total. The van der Waals surface area contributed by atoms with Crippen LogP contribution >= 0.6 is 0 Å². The van der Waals surface area contributed by atoms with Crippen molar-refractivity contribution < 1.29 is 49.0 Å². The maximum Gasteiger partial charge on any atom is 0.573 e. The predicted octanol–water partition coefficient (Wildman–Crippen LogP) is 13.2. The molecular weight excluding hydrogens is 671 g/mol. The Morgan fingerprint density at radius 2 is 1.22 bits per heavy atom. The van der Waals surface area contributed by atoms with Crippen LogP contribution in [0, 0.1) is 29.2 Å². The van der Waals surface area contributed by atoms with Gasteiger partial charge >= 0.3 is 12.5 Å². The van der Waals surface area contributed by atoms with Crippen LogP contribution in [0.2, 0.25) is 0 Å². The molecule has 1 saturated carbocycles. The first-order valence-electron chi connectivity index (χ1n) is 16.8. The molecule has 0 amide bonds. The summed E-state index contributed by atoms with van der Waals surface area (Å²) in [6.45, 7) is 2.22. The zero-order valence-corrected chi connectivity index (χ0v) is 27.4. The first-order valence-corrected chi connectivity index (χ1v) is 16.8. The lowest BCUT2D eigenvalue weighted by atomic mass is 9.77. The third-order valence-corrected chi connectivity index (χ3v) is 9.27. The monoisotopic (exact) mass is 708 g/mol. The third kappa shape index (κ3) is 9.34. The molecule has 1 aliphatic rings. The SMILES string of the molecule is CCCCCCCC1CCC(c2ccc(-c3ccc(-c4cc(F)c(C(F)(F)Oc5ccc(OC(F)(F)F)c(F)c5)c(F)c4)c(F)c3)cc2)CC1. The quantitative estimate of drug-likeness (QED) is 0.102. The van der Waals surface area contributed by atoms with Crippen LogP contribution in [0.5, 0.6) is 11.5 Å². The van der Waals surface area contributed by atoms with Gasteiger partial charge in [-0.2, -0.15) is 8.78 Å². The molecule has 4 aromatic carbocycles. The molecule has 0 heterocycles. The van der Waals surface area contributed by atoms with Gasteiger partial charge in [0.15, 0.2) is 11.6 Å². The first kappa shape index (κ1) is 37.1. The van der Waals surface area contributed by atoms with E-state index in [9.17, 15) is 35.1 Å². The Hall–Kier alpha value is -4.15. The second-order valence-corrected chi connectivity index (χ2v) is 12.8. The molecule has 0 unspecified atom stereocenters. The van der Waals surface area contributed by atoms with Crippen molar-refractivity contribution in [3.63, 3.8) is 0 Å². The summed E-state index contributed by atoms with van der Waals surface area (Å²) in [5, 5.41) is 0. The first-order chi connectivity index (χ1) is 23.7. The molecule has 2 nitrogen and oxygen atoms in total. The summed E-state index contributed by atoms with van der Waals surface area (Å²) in [5.74, 6) is -7.21. The number of rotatable bonds is 13. The Morgan fingerprint density at radius 1 is 0.600 bits per heavy atom. The van der Waals surface area contributed by atoms with Gasteiger partial charge in [0, 0.05) is 11.6 Å². The van der Waals surface area contributed by atoms with Gasteiger partial charge in [-0.25, -0.2) is 17.6 Å². The van der Waals surface area contributed by atoms with E-state index in [0.717, 1.165) is 24.3 Å². The van der Waals surface area contributed by atoms with Crippen LogP contribution in [0.25, 0.3) is 22.3 Å². The number of halogens is 9. The van der Waals surface area contributed by atoms with E-state index in [1.807, 2.05) is 24.3 Å². The summed E-state index contributed by atoms with van der Waals surface area (Å²) < 4.78 is 134. The molecule has 1 aliphatic carbocycles. The highest BCUT2D eigenvalue weighted by atomic mass is 19.4. The fraction of sp³-hybridized carbons (Fsp3) is 0.385. The standard InChI is InChI=1S/C39H37F9O2/c1-2-3-4-5-6-7-24-8-10-25(11-9-24)26-12-14-27(15-13-26)28-16-18-31(32(40)20-28)29-21-34(42)37(35(43)22-29)38(44,45)49-30-17-19-36(33(41)23-30)50-39(46,47)48/h12-25H,2-11H2,1H3. The van der Waals surface area contributed by atoms with Crippen LogP contribution in [0.1, 0.15) is 88.2 Å². The normalized spacial score (nSPS) is 16.8. The van der Waals surface area contributed by atoms with E-state index in [4.69, 9.17) is 0 Å². The summed E-state index contributed by atoms with van der Waals surface area (Å²) in [5.41, 5.74) is 0.0143. The van der Waals surface area contributed by atoms with Crippen molar-refractivity contribution in [2.75, 3.05) is 0 Å². The van der Waals surface area contributed by atoms with Gasteiger partial charge in [0.25, 0.3) is 0 Å². The Bertz CT molecular complexity index is 1720. The van der Waals surface area contributed by atoms with E-state index in [2.05, 4.69) is 16.4 Å². The number of unbranched alkanes of at least 4 members (excludes halogenated alkanes) is 4. The molecule has 50 heavy (non-hydrogen) atoms. The lowest BCUT2D eigenvalue weighted by molar-refractivity contribution is -0.275. The van der Waals surface area contributed by atoms with Crippen LogP contribution in [-0.2, 0) is 6.11 Å². The van der Waals surface area contributed by atoms with Gasteiger partial charge in [-0.15, -0.1) is 13.2 Å². The maximum absolute atomic E-state index is 15.3. The van der Waals surface area contributed by atoms with Gasteiger partial charge in [-0.1, -0.05) is 81.8 Å². The number of ether oxygens (including phenoxy) is 2. The average molecular weight is 709 g/mol. The number of benzene rings is 4. The van der Waals surface area contributed by atoms with Crippen molar-refractivity contribution in [1.82, 2.24) is 0 Å². The highest BCUT2D eigenvalue weighted by Crippen LogP contribution is 2.41. The summed E-state index contributed by atoms with van der Waals surface area (Å²) in [7, 11) is 0. The largest absolute Gasteiger partial charge is 0.573 e. The second kappa shape index (κ2) is 15.8. The summed E-state index contributed by atoms with van der Waals surface area (Å²) in [4.78, 5) is 0. The fourth-order valence-electron chi connectivity index (χ4n) is 6.66. The van der Waals surface area contributed by atoms with Crippen LogP contribution in [0.15, 0.2) is 72.8 Å². The zero-order chi connectivity index (χ0) is 36.1. The van der Waals surface area contributed by atoms with Crippen molar-refractivity contribution >= 4 is 0 Å². The highest BCUT2D eigenvalue weighted by Gasteiger charge is 2.42. The van der Waals surface area contributed by atoms with Gasteiger partial charge in [-0.3, -0.25) is 0 Å². The van der Waals surface area contributed by atoms with Gasteiger partial charge in [0.1, 0.15) is 28.8 Å². The summed E-state index contributed by atoms with van der Waals surface area (Å²) >= 11 is 0. The van der Waals surface area contributed by atoms with Crippen molar-refractivity contribution in [3.8, 4) is 33.8 Å². The van der Waals surface area contributed by atoms with E-state index in [0.29, 0.717) is 35.7 Å². The smallest absolute Gasteiger partial charge is 0.429 e. The van der Waals surface area contributed by atoms with Crippen molar-refractivity contribution in [2.45, 2.75) is 89.5 Å². The topological polar surface area (TPSA) is 18.5 Å². The lowest BCUT2D eigenvalue weighted by Gasteiger charge is -2.29. The van der Waals surface area contributed by atoms with E-state index in [1.54, 1.807) is 6.07 Å². The number of alkyl halides is 5. The molecule has 4 aromatic rings. The minimum absolute atomic E-state index is 0.144. The molecule has 5 rings (SSSR count). The van der Waals surface area contributed by atoms with Gasteiger partial charge in [0.2, 0.25) is 0 Å². The number of hydrogen-bond donors (Lipinski definition) is 0. The highest BCUT2D eigenvalue weighted by molar-refractivity contribution is 5.71. The molecule has 0 radical (unpaired) electrons. The minimum Gasteiger partial charge on any atom is -0.429 e.